The largest absolute Gasteiger partial charge is 0.308 e. The van der Waals surface area contributed by atoms with E-state index < -0.39 is 9.84 Å². The molecule has 0 fully saturated rings. The molecule has 0 radical (unpaired) electrons. The molecule has 1 heterocycles. The summed E-state index contributed by atoms with van der Waals surface area (Å²) >= 11 is 1.50. The average Bonchev–Trinajstić information content (AvgIpc) is 3.16. The van der Waals surface area contributed by atoms with Gasteiger partial charge in [0.25, 0.3) is 5.91 Å². The van der Waals surface area contributed by atoms with Gasteiger partial charge in [-0.1, -0.05) is 31.3 Å². The second-order valence-electron chi connectivity index (χ2n) is 7.34. The number of aromatic nitrogens is 1. The molecule has 0 spiro atoms. The predicted molar refractivity (Wildman–Crippen MR) is 123 cm³/mol. The molecule has 0 atom stereocenters. The smallest absolute Gasteiger partial charge is 0.260 e. The lowest BCUT2D eigenvalue weighted by Crippen LogP contribution is -2.36. The van der Waals surface area contributed by atoms with Crippen molar-refractivity contribution in [2.45, 2.75) is 25.2 Å². The van der Waals surface area contributed by atoms with Crippen molar-refractivity contribution < 1.29 is 13.2 Å². The quantitative estimate of drug-likeness (QED) is 0.527. The Balaban J connectivity index is 1.96. The van der Waals surface area contributed by atoms with Crippen LogP contribution in [-0.2, 0) is 16.3 Å². The Morgan fingerprint density at radius 3 is 2.33 bits per heavy atom. The van der Waals surface area contributed by atoms with Gasteiger partial charge in [0.05, 0.1) is 20.9 Å². The van der Waals surface area contributed by atoms with Gasteiger partial charge in [-0.3, -0.25) is 9.69 Å². The van der Waals surface area contributed by atoms with E-state index in [2.05, 4.69) is 19.1 Å². The van der Waals surface area contributed by atoms with Gasteiger partial charge < -0.3 is 4.90 Å². The van der Waals surface area contributed by atoms with Gasteiger partial charge in [0.2, 0.25) is 0 Å². The van der Waals surface area contributed by atoms with Crippen LogP contribution in [0.1, 0.15) is 29.8 Å². The van der Waals surface area contributed by atoms with Crippen LogP contribution in [0.2, 0.25) is 0 Å². The van der Waals surface area contributed by atoms with Gasteiger partial charge in [0.1, 0.15) is 0 Å². The summed E-state index contributed by atoms with van der Waals surface area (Å²) in [6.07, 6.45) is 0.944. The van der Waals surface area contributed by atoms with E-state index in [9.17, 15) is 13.2 Å². The number of rotatable bonds is 8. The zero-order valence-electron chi connectivity index (χ0n) is 17.8. The first kappa shape index (κ1) is 22.4. The van der Waals surface area contributed by atoms with E-state index in [1.54, 1.807) is 24.0 Å². The minimum absolute atomic E-state index is 0.0285. The number of hydrogen-bond acceptors (Lipinski definition) is 6. The second kappa shape index (κ2) is 9.24. The number of likely N-dealkylation sites (N-methyl/N-ethyl adjacent to an activating group) is 1. The van der Waals surface area contributed by atoms with Crippen molar-refractivity contribution in [1.82, 2.24) is 9.88 Å². The highest BCUT2D eigenvalue weighted by Gasteiger charge is 2.22. The highest BCUT2D eigenvalue weighted by molar-refractivity contribution is 7.91. The Kier molecular flexibility index (Phi) is 6.90. The molecule has 0 aliphatic heterocycles. The maximum Gasteiger partial charge on any atom is 0.260 e. The molecule has 0 unspecified atom stereocenters. The van der Waals surface area contributed by atoms with Crippen LogP contribution in [-0.4, -0.2) is 57.1 Å². The van der Waals surface area contributed by atoms with Crippen LogP contribution in [0.3, 0.4) is 0 Å². The number of sulfone groups is 1. The summed E-state index contributed by atoms with van der Waals surface area (Å²) in [6, 6.07) is 12.3. The van der Waals surface area contributed by atoms with E-state index in [-0.39, 0.29) is 16.6 Å². The van der Waals surface area contributed by atoms with Crippen LogP contribution in [0.4, 0.5) is 5.13 Å². The molecule has 3 aromatic rings. The molecule has 0 N–H and O–H groups in total. The number of anilines is 1. The van der Waals surface area contributed by atoms with Crippen molar-refractivity contribution in [1.29, 1.82) is 0 Å². The summed E-state index contributed by atoms with van der Waals surface area (Å²) in [5.41, 5.74) is 2.55. The second-order valence-corrected chi connectivity index (χ2v) is 10.6. The standard InChI is InChI=1S/C22H27N3O3S2/c1-5-16-7-12-19-20(15-16)29-22(23-19)25(14-13-24(3)4)21(26)17-8-10-18(11-9-17)30(27,28)6-2/h7-12,15H,5-6,13-14H2,1-4H3. The summed E-state index contributed by atoms with van der Waals surface area (Å²) in [5, 5.41) is 0.648. The molecular weight excluding hydrogens is 418 g/mol. The third kappa shape index (κ3) is 4.88. The molecule has 30 heavy (non-hydrogen) atoms. The van der Waals surface area contributed by atoms with E-state index in [4.69, 9.17) is 4.98 Å². The first-order valence-corrected chi connectivity index (χ1v) is 12.4. The van der Waals surface area contributed by atoms with Crippen molar-refractivity contribution in [2.24, 2.45) is 0 Å². The number of nitrogens with zero attached hydrogens (tertiary/aromatic N) is 3. The Morgan fingerprint density at radius 1 is 1.03 bits per heavy atom. The third-order valence-corrected chi connectivity index (χ3v) is 7.73. The molecule has 0 saturated carbocycles. The monoisotopic (exact) mass is 445 g/mol. The fraction of sp³-hybridized carbons (Fsp3) is 0.364. The fourth-order valence-corrected chi connectivity index (χ4v) is 4.94. The third-order valence-electron chi connectivity index (χ3n) is 4.94. The molecular formula is C22H27N3O3S2. The zero-order valence-corrected chi connectivity index (χ0v) is 19.4. The predicted octanol–water partition coefficient (Wildman–Crippen LogP) is 3.86. The number of thiazole rings is 1. The molecule has 0 bridgehead atoms. The summed E-state index contributed by atoms with van der Waals surface area (Å²) in [6.45, 7) is 4.89. The number of carbonyl (C=O) groups excluding carboxylic acids is 1. The number of aryl methyl sites for hydroxylation is 1. The maximum absolute atomic E-state index is 13.3. The summed E-state index contributed by atoms with van der Waals surface area (Å²) in [4.78, 5) is 21.9. The van der Waals surface area contributed by atoms with Crippen molar-refractivity contribution in [3.63, 3.8) is 0 Å². The van der Waals surface area contributed by atoms with Crippen LogP contribution in [0.5, 0.6) is 0 Å². The molecule has 0 aliphatic carbocycles. The highest BCUT2D eigenvalue weighted by Crippen LogP contribution is 2.30. The van der Waals surface area contributed by atoms with Crippen LogP contribution in [0.15, 0.2) is 47.4 Å². The van der Waals surface area contributed by atoms with Crippen LogP contribution >= 0.6 is 11.3 Å². The summed E-state index contributed by atoms with van der Waals surface area (Å²) < 4.78 is 25.2. The van der Waals surface area contributed by atoms with E-state index in [1.165, 1.54) is 29.0 Å². The zero-order chi connectivity index (χ0) is 21.9. The van der Waals surface area contributed by atoms with Crippen molar-refractivity contribution in [2.75, 3.05) is 37.8 Å². The minimum Gasteiger partial charge on any atom is -0.308 e. The normalized spacial score (nSPS) is 11.9. The molecule has 160 valence electrons. The summed E-state index contributed by atoms with van der Waals surface area (Å²) in [7, 11) is 0.614. The van der Waals surface area contributed by atoms with Gasteiger partial charge in [-0.2, -0.15) is 0 Å². The number of amides is 1. The van der Waals surface area contributed by atoms with Crippen LogP contribution in [0.25, 0.3) is 10.2 Å². The van der Waals surface area contributed by atoms with Gasteiger partial charge >= 0.3 is 0 Å². The van der Waals surface area contributed by atoms with Gasteiger partial charge in [-0.15, -0.1) is 0 Å². The van der Waals surface area contributed by atoms with E-state index in [0.717, 1.165) is 16.6 Å². The molecule has 0 aliphatic rings. The Hall–Kier alpha value is -2.29. The molecule has 1 aromatic heterocycles. The molecule has 2 aromatic carbocycles. The number of hydrogen-bond donors (Lipinski definition) is 0. The van der Waals surface area contributed by atoms with Crippen molar-refractivity contribution in [3.8, 4) is 0 Å². The van der Waals surface area contributed by atoms with E-state index >= 15 is 0 Å². The Labute approximate surface area is 182 Å². The maximum atomic E-state index is 13.3. The lowest BCUT2D eigenvalue weighted by molar-refractivity contribution is 0.0985. The van der Waals surface area contributed by atoms with Crippen LogP contribution in [0, 0.1) is 0 Å². The fourth-order valence-electron chi connectivity index (χ4n) is 3.00. The lowest BCUT2D eigenvalue weighted by Gasteiger charge is -2.22. The first-order valence-electron chi connectivity index (χ1n) is 9.94. The lowest BCUT2D eigenvalue weighted by atomic mass is 10.2. The first-order chi connectivity index (χ1) is 14.2. The Bertz CT molecular complexity index is 1140. The number of benzene rings is 2. The van der Waals surface area contributed by atoms with E-state index in [1.807, 2.05) is 25.1 Å². The summed E-state index contributed by atoms with van der Waals surface area (Å²) in [5.74, 6) is -0.159. The molecule has 6 nitrogen and oxygen atoms in total. The topological polar surface area (TPSA) is 70.6 Å². The Morgan fingerprint density at radius 2 is 1.73 bits per heavy atom. The van der Waals surface area contributed by atoms with Crippen molar-refractivity contribution >= 4 is 42.4 Å². The minimum atomic E-state index is -3.30. The molecule has 8 heteroatoms. The molecule has 3 rings (SSSR count). The SMILES string of the molecule is CCc1ccc2nc(N(CCN(C)C)C(=O)c3ccc(S(=O)(=O)CC)cc3)sc2c1. The van der Waals surface area contributed by atoms with Gasteiger partial charge in [-0.25, -0.2) is 13.4 Å². The van der Waals surface area contributed by atoms with E-state index in [0.29, 0.717) is 23.8 Å². The highest BCUT2D eigenvalue weighted by atomic mass is 32.2. The van der Waals surface area contributed by atoms with Crippen LogP contribution < -0.4 is 4.90 Å². The van der Waals surface area contributed by atoms with Gasteiger partial charge in [0, 0.05) is 18.7 Å². The van der Waals surface area contributed by atoms with Crippen molar-refractivity contribution in [3.05, 3.63) is 53.6 Å². The molecule has 1 amide bonds. The average molecular weight is 446 g/mol. The van der Waals surface area contributed by atoms with Gasteiger partial charge in [0.15, 0.2) is 15.0 Å². The van der Waals surface area contributed by atoms with Gasteiger partial charge in [-0.05, 0) is 62.5 Å². The number of fused-ring (bicyclic) bond motifs is 1. The molecule has 0 saturated heterocycles. The number of carbonyl (C=O) groups is 1.